The number of hydrogen-bond acceptors (Lipinski definition) is 2. The molecule has 0 unspecified atom stereocenters. The van der Waals surface area contributed by atoms with Gasteiger partial charge in [-0.1, -0.05) is 23.4 Å². The number of hydrogen-bond donors (Lipinski definition) is 1. The van der Waals surface area contributed by atoms with E-state index < -0.39 is 0 Å². The van der Waals surface area contributed by atoms with Crippen molar-refractivity contribution < 1.29 is 0 Å². The van der Waals surface area contributed by atoms with Crippen molar-refractivity contribution in [1.82, 2.24) is 0 Å². The Morgan fingerprint density at radius 3 is 2.79 bits per heavy atom. The number of halogens is 1. The van der Waals surface area contributed by atoms with Gasteiger partial charge in [-0.25, -0.2) is 0 Å². The van der Waals surface area contributed by atoms with Crippen LogP contribution in [-0.2, 0) is 0 Å². The van der Waals surface area contributed by atoms with Crippen molar-refractivity contribution in [2.24, 2.45) is 5.73 Å². The summed E-state index contributed by atoms with van der Waals surface area (Å²) in [6, 6.07) is 7.05. The molecule has 70 valence electrons. The summed E-state index contributed by atoms with van der Waals surface area (Å²) in [7, 11) is 0. The van der Waals surface area contributed by atoms with Crippen molar-refractivity contribution in [3.63, 3.8) is 0 Å². The molecular weight excluding hydrogens is 196 g/mol. The number of nitriles is 1. The summed E-state index contributed by atoms with van der Waals surface area (Å²) in [4.78, 5) is 0. The van der Waals surface area contributed by atoms with Crippen LogP contribution in [0.3, 0.4) is 0 Å². The second-order valence-electron chi connectivity index (χ2n) is 2.65. The van der Waals surface area contributed by atoms with Crippen molar-refractivity contribution in [1.29, 1.82) is 5.26 Å². The molecule has 0 atom stereocenters. The molecule has 1 aromatic rings. The predicted molar refractivity (Wildman–Crippen MR) is 56.7 cm³/mol. The van der Waals surface area contributed by atoms with Gasteiger partial charge in [-0.2, -0.15) is 5.26 Å². The topological polar surface area (TPSA) is 49.8 Å². The zero-order valence-corrected chi connectivity index (χ0v) is 8.30. The summed E-state index contributed by atoms with van der Waals surface area (Å²) in [5.41, 5.74) is 6.57. The van der Waals surface area contributed by atoms with Gasteiger partial charge in [0.15, 0.2) is 0 Å². The molecule has 1 aromatic carbocycles. The lowest BCUT2D eigenvalue weighted by atomic mass is 10.1. The van der Waals surface area contributed by atoms with E-state index in [9.17, 15) is 0 Å². The third-order valence-corrected chi connectivity index (χ3v) is 1.90. The minimum absolute atomic E-state index is 0.508. The van der Waals surface area contributed by atoms with Gasteiger partial charge in [-0.3, -0.25) is 0 Å². The van der Waals surface area contributed by atoms with Gasteiger partial charge in [0.1, 0.15) is 0 Å². The molecule has 0 saturated heterocycles. The van der Waals surface area contributed by atoms with E-state index in [1.807, 2.05) is 6.07 Å². The van der Waals surface area contributed by atoms with Gasteiger partial charge >= 0.3 is 0 Å². The van der Waals surface area contributed by atoms with Crippen LogP contribution in [0.5, 0.6) is 0 Å². The Balaban J connectivity index is 2.92. The quantitative estimate of drug-likeness (QED) is 0.711. The van der Waals surface area contributed by atoms with E-state index in [0.29, 0.717) is 23.6 Å². The van der Waals surface area contributed by atoms with Gasteiger partial charge in [0.2, 0.25) is 0 Å². The van der Waals surface area contributed by atoms with E-state index in [1.165, 1.54) is 0 Å². The molecule has 0 aliphatic heterocycles. The Morgan fingerprint density at radius 2 is 2.21 bits per heavy atom. The first kappa shape index (κ1) is 10.6. The van der Waals surface area contributed by atoms with Crippen LogP contribution in [0.4, 0.5) is 0 Å². The van der Waals surface area contributed by atoms with Gasteiger partial charge in [-0.15, -0.1) is 0 Å². The fraction of sp³-hybridized carbons (Fsp3) is 0.182. The van der Waals surface area contributed by atoms with Crippen LogP contribution in [0.2, 0.25) is 5.02 Å². The molecule has 0 spiro atoms. The van der Waals surface area contributed by atoms with Crippen LogP contribution in [-0.4, -0.2) is 6.54 Å². The number of benzene rings is 1. The highest BCUT2D eigenvalue weighted by atomic mass is 35.5. The fourth-order valence-electron chi connectivity index (χ4n) is 0.916. The largest absolute Gasteiger partial charge is 0.330 e. The summed E-state index contributed by atoms with van der Waals surface area (Å²) in [6.07, 6.45) is 0.649. The molecule has 0 amide bonds. The number of nitrogens with two attached hydrogens (primary N) is 1. The highest BCUT2D eigenvalue weighted by Gasteiger charge is 1.97. The third kappa shape index (κ3) is 2.78. The summed E-state index contributed by atoms with van der Waals surface area (Å²) in [5.74, 6) is 5.78. The van der Waals surface area contributed by atoms with Crippen molar-refractivity contribution in [3.05, 3.63) is 34.3 Å². The van der Waals surface area contributed by atoms with Crippen molar-refractivity contribution in [2.45, 2.75) is 6.42 Å². The zero-order valence-electron chi connectivity index (χ0n) is 7.55. The van der Waals surface area contributed by atoms with E-state index in [0.717, 1.165) is 5.56 Å². The van der Waals surface area contributed by atoms with E-state index >= 15 is 0 Å². The molecule has 2 N–H and O–H groups in total. The molecule has 1 rings (SSSR count). The van der Waals surface area contributed by atoms with Gasteiger partial charge in [-0.05, 0) is 18.2 Å². The first-order valence-electron chi connectivity index (χ1n) is 4.16. The Morgan fingerprint density at radius 1 is 1.43 bits per heavy atom. The van der Waals surface area contributed by atoms with Crippen molar-refractivity contribution in [2.75, 3.05) is 6.54 Å². The summed E-state index contributed by atoms with van der Waals surface area (Å²) >= 11 is 5.90. The molecule has 14 heavy (non-hydrogen) atoms. The lowest BCUT2D eigenvalue weighted by Gasteiger charge is -1.95. The Labute approximate surface area is 88.3 Å². The second kappa shape index (κ2) is 5.29. The molecule has 0 aromatic heterocycles. The monoisotopic (exact) mass is 204 g/mol. The van der Waals surface area contributed by atoms with Crippen LogP contribution in [0.25, 0.3) is 0 Å². The summed E-state index contributed by atoms with van der Waals surface area (Å²) in [5, 5.41) is 9.11. The van der Waals surface area contributed by atoms with Gasteiger partial charge in [0.25, 0.3) is 0 Å². The Kier molecular flexibility index (Phi) is 4.01. The smallest absolute Gasteiger partial charge is 0.0992 e. The Bertz CT molecular complexity index is 421. The number of nitrogens with zero attached hydrogens (tertiary/aromatic N) is 1. The van der Waals surface area contributed by atoms with Crippen LogP contribution >= 0.6 is 11.6 Å². The van der Waals surface area contributed by atoms with Crippen LogP contribution < -0.4 is 5.73 Å². The Hall–Kier alpha value is -1.48. The SMILES string of the molecule is N#Cc1ccc(C#CCCN)c(Cl)c1. The van der Waals surface area contributed by atoms with E-state index in [1.54, 1.807) is 18.2 Å². The highest BCUT2D eigenvalue weighted by Crippen LogP contribution is 2.16. The van der Waals surface area contributed by atoms with Crippen LogP contribution in [0.1, 0.15) is 17.5 Å². The fourth-order valence-corrected chi connectivity index (χ4v) is 1.14. The molecule has 0 heterocycles. The van der Waals surface area contributed by atoms with Gasteiger partial charge in [0, 0.05) is 18.5 Å². The van der Waals surface area contributed by atoms with Crippen LogP contribution in [0, 0.1) is 23.2 Å². The molecular formula is C11H9ClN2. The van der Waals surface area contributed by atoms with E-state index in [4.69, 9.17) is 22.6 Å². The van der Waals surface area contributed by atoms with Crippen LogP contribution in [0.15, 0.2) is 18.2 Å². The molecule has 0 saturated carbocycles. The second-order valence-corrected chi connectivity index (χ2v) is 3.05. The molecule has 0 aliphatic carbocycles. The van der Waals surface area contributed by atoms with Gasteiger partial charge < -0.3 is 5.73 Å². The zero-order chi connectivity index (χ0) is 10.4. The molecule has 0 fully saturated rings. The summed E-state index contributed by atoms with van der Waals surface area (Å²) in [6.45, 7) is 0.543. The maximum absolute atomic E-state index is 8.61. The summed E-state index contributed by atoms with van der Waals surface area (Å²) < 4.78 is 0. The van der Waals surface area contributed by atoms with Gasteiger partial charge in [0.05, 0.1) is 16.7 Å². The standard InChI is InChI=1S/C11H9ClN2/c12-11-7-9(8-14)4-5-10(11)3-1-2-6-13/h4-5,7H,2,6,13H2. The highest BCUT2D eigenvalue weighted by molar-refractivity contribution is 6.31. The first-order chi connectivity index (χ1) is 6.77. The van der Waals surface area contributed by atoms with Crippen molar-refractivity contribution >= 4 is 11.6 Å². The minimum Gasteiger partial charge on any atom is -0.330 e. The van der Waals surface area contributed by atoms with E-state index in [-0.39, 0.29) is 0 Å². The lowest BCUT2D eigenvalue weighted by Crippen LogP contribution is -1.95. The maximum Gasteiger partial charge on any atom is 0.0992 e. The van der Waals surface area contributed by atoms with E-state index in [2.05, 4.69) is 11.8 Å². The predicted octanol–water partition coefficient (Wildman–Crippen LogP) is 1.91. The molecule has 3 heteroatoms. The van der Waals surface area contributed by atoms with Crippen molar-refractivity contribution in [3.8, 4) is 17.9 Å². The number of rotatable bonds is 1. The maximum atomic E-state index is 8.61. The first-order valence-corrected chi connectivity index (χ1v) is 4.54. The minimum atomic E-state index is 0.508. The molecule has 0 bridgehead atoms. The average molecular weight is 205 g/mol. The molecule has 0 radical (unpaired) electrons. The lowest BCUT2D eigenvalue weighted by molar-refractivity contribution is 1.03. The molecule has 2 nitrogen and oxygen atoms in total. The molecule has 0 aliphatic rings. The third-order valence-electron chi connectivity index (χ3n) is 1.59. The normalized spacial score (nSPS) is 8.64. The average Bonchev–Trinajstić information content (AvgIpc) is 2.20.